The van der Waals surface area contributed by atoms with Crippen LogP contribution in [-0.4, -0.2) is 61.1 Å². The third kappa shape index (κ3) is 6.22. The summed E-state index contributed by atoms with van der Waals surface area (Å²) in [5.74, 6) is -1.91. The van der Waals surface area contributed by atoms with Crippen LogP contribution in [0.1, 0.15) is 27.7 Å². The maximum absolute atomic E-state index is 12.0. The molecule has 0 bridgehead atoms. The highest BCUT2D eigenvalue weighted by Gasteiger charge is 2.52. The van der Waals surface area contributed by atoms with Crippen LogP contribution in [0.5, 0.6) is 5.75 Å². The van der Waals surface area contributed by atoms with Crippen molar-refractivity contribution in [2.24, 2.45) is 0 Å². The van der Waals surface area contributed by atoms with E-state index in [1.807, 2.05) is 30.3 Å². The van der Waals surface area contributed by atoms with Gasteiger partial charge in [0.15, 0.2) is 12.2 Å². The number of hydrogen-bond donors (Lipinski definition) is 1. The monoisotopic (exact) mass is 473 g/mol. The van der Waals surface area contributed by atoms with Crippen LogP contribution in [0.15, 0.2) is 42.5 Å². The molecule has 1 heterocycles. The molecule has 0 aliphatic carbocycles. The molecule has 0 spiro atoms. The lowest BCUT2D eigenvalue weighted by Gasteiger charge is -2.44. The van der Waals surface area contributed by atoms with E-state index in [0.717, 1.165) is 10.8 Å². The van der Waals surface area contributed by atoms with Crippen molar-refractivity contribution in [3.8, 4) is 5.75 Å². The first-order valence-electron chi connectivity index (χ1n) is 10.7. The van der Waals surface area contributed by atoms with Gasteiger partial charge in [0.05, 0.1) is 0 Å². The fourth-order valence-electron chi connectivity index (χ4n) is 3.81. The van der Waals surface area contributed by atoms with Crippen molar-refractivity contribution in [3.05, 3.63) is 42.5 Å². The first-order chi connectivity index (χ1) is 16.2. The molecule has 1 saturated heterocycles. The highest BCUT2D eigenvalue weighted by molar-refractivity contribution is 5.88. The van der Waals surface area contributed by atoms with Gasteiger partial charge < -0.3 is 29.0 Å². The lowest BCUT2D eigenvalue weighted by molar-refractivity contribution is -0.256. The van der Waals surface area contributed by atoms with Crippen LogP contribution < -0.4 is 10.1 Å². The number of carbonyl (C=O) groups is 4. The number of nitrogens with one attached hydrogen (secondary N) is 1. The zero-order chi connectivity index (χ0) is 24.8. The Morgan fingerprint density at radius 1 is 0.853 bits per heavy atom. The Kier molecular flexibility index (Phi) is 8.06. The van der Waals surface area contributed by atoms with Gasteiger partial charge in [0.1, 0.15) is 24.5 Å². The second-order valence-electron chi connectivity index (χ2n) is 7.82. The second kappa shape index (κ2) is 11.0. The van der Waals surface area contributed by atoms with Crippen LogP contribution in [-0.2, 0) is 38.1 Å². The van der Waals surface area contributed by atoms with Gasteiger partial charge in [-0.2, -0.15) is 0 Å². The molecule has 2 aromatic rings. The van der Waals surface area contributed by atoms with Crippen molar-refractivity contribution >= 4 is 34.6 Å². The molecule has 5 atom stereocenters. The van der Waals surface area contributed by atoms with Crippen molar-refractivity contribution in [1.29, 1.82) is 0 Å². The van der Waals surface area contributed by atoms with Gasteiger partial charge in [0.2, 0.25) is 12.2 Å². The topological polar surface area (TPSA) is 126 Å². The number of esters is 3. The third-order valence-electron chi connectivity index (χ3n) is 5.06. The lowest BCUT2D eigenvalue weighted by atomic mass is 9.96. The molecule has 1 amide bonds. The van der Waals surface area contributed by atoms with E-state index in [0.29, 0.717) is 5.75 Å². The first-order valence-corrected chi connectivity index (χ1v) is 10.7. The van der Waals surface area contributed by atoms with Crippen molar-refractivity contribution in [2.45, 2.75) is 58.3 Å². The maximum Gasteiger partial charge on any atom is 0.303 e. The molecule has 182 valence electrons. The molecular weight excluding hydrogens is 446 g/mol. The molecule has 1 aliphatic rings. The third-order valence-corrected chi connectivity index (χ3v) is 5.06. The van der Waals surface area contributed by atoms with E-state index in [9.17, 15) is 19.2 Å². The van der Waals surface area contributed by atoms with Gasteiger partial charge in [0.25, 0.3) is 0 Å². The predicted molar refractivity (Wildman–Crippen MR) is 119 cm³/mol. The number of carbonyl (C=O) groups excluding carboxylic acids is 4. The molecule has 1 N–H and O–H groups in total. The SMILES string of the molecule is CC(=O)N[C@@H]1[C@H](Oc2cccc3ccccc23)O[C@H](COC(C)=O)[C@H](OC(C)=O)[C@H]1OC(C)=O. The van der Waals surface area contributed by atoms with Gasteiger partial charge >= 0.3 is 17.9 Å². The Bertz CT molecular complexity index is 1060. The fourth-order valence-corrected chi connectivity index (χ4v) is 3.81. The van der Waals surface area contributed by atoms with Gasteiger partial charge in [-0.05, 0) is 11.5 Å². The van der Waals surface area contributed by atoms with E-state index >= 15 is 0 Å². The molecule has 0 aromatic heterocycles. The smallest absolute Gasteiger partial charge is 0.303 e. The molecule has 34 heavy (non-hydrogen) atoms. The summed E-state index contributed by atoms with van der Waals surface area (Å²) in [7, 11) is 0. The Morgan fingerprint density at radius 3 is 2.15 bits per heavy atom. The Morgan fingerprint density at radius 2 is 1.50 bits per heavy atom. The van der Waals surface area contributed by atoms with Gasteiger partial charge in [-0.25, -0.2) is 0 Å². The van der Waals surface area contributed by atoms with Crippen LogP contribution in [0.3, 0.4) is 0 Å². The minimum atomic E-state index is -1.18. The van der Waals surface area contributed by atoms with Gasteiger partial charge in [0, 0.05) is 33.1 Å². The van der Waals surface area contributed by atoms with E-state index in [1.165, 1.54) is 27.7 Å². The maximum atomic E-state index is 12.0. The summed E-state index contributed by atoms with van der Waals surface area (Å²) in [5.41, 5.74) is 0. The van der Waals surface area contributed by atoms with E-state index < -0.39 is 54.5 Å². The van der Waals surface area contributed by atoms with Crippen LogP contribution >= 0.6 is 0 Å². The molecule has 0 unspecified atom stereocenters. The lowest BCUT2D eigenvalue weighted by Crippen LogP contribution is -2.67. The minimum absolute atomic E-state index is 0.298. The zero-order valence-electron chi connectivity index (χ0n) is 19.3. The van der Waals surface area contributed by atoms with E-state index in [4.69, 9.17) is 23.7 Å². The average molecular weight is 473 g/mol. The van der Waals surface area contributed by atoms with Crippen LogP contribution in [0.4, 0.5) is 0 Å². The van der Waals surface area contributed by atoms with Gasteiger partial charge in [-0.3, -0.25) is 19.2 Å². The average Bonchev–Trinajstić information content (AvgIpc) is 2.75. The summed E-state index contributed by atoms with van der Waals surface area (Å²) in [5, 5.41) is 4.38. The Labute approximate surface area is 196 Å². The highest BCUT2D eigenvalue weighted by atomic mass is 16.7. The number of benzene rings is 2. The number of amides is 1. The Balaban J connectivity index is 2.03. The first kappa shape index (κ1) is 25.0. The van der Waals surface area contributed by atoms with Crippen LogP contribution in [0.25, 0.3) is 10.8 Å². The molecule has 10 heteroatoms. The molecule has 0 saturated carbocycles. The van der Waals surface area contributed by atoms with E-state index in [2.05, 4.69) is 5.32 Å². The van der Waals surface area contributed by atoms with Crippen molar-refractivity contribution in [3.63, 3.8) is 0 Å². The predicted octanol–water partition coefficient (Wildman–Crippen LogP) is 1.87. The standard InChI is InChI=1S/C24H27NO9/c1-13(26)25-21-23(32-16(4)29)22(31-15(3)28)20(12-30-14(2)27)34-24(21)33-19-11-7-9-17-8-5-6-10-18(17)19/h5-11,20-24H,12H2,1-4H3,(H,25,26)/t20-,21+,22+,23+,24-/m1/s1. The van der Waals surface area contributed by atoms with Crippen molar-refractivity contribution in [1.82, 2.24) is 5.32 Å². The van der Waals surface area contributed by atoms with E-state index in [1.54, 1.807) is 12.1 Å². The molecular formula is C24H27NO9. The molecule has 0 radical (unpaired) electrons. The highest BCUT2D eigenvalue weighted by Crippen LogP contribution is 2.32. The largest absolute Gasteiger partial charge is 0.463 e. The number of rotatable bonds is 7. The quantitative estimate of drug-likeness (QED) is 0.474. The molecule has 1 aliphatic heterocycles. The molecule has 1 fully saturated rings. The molecule has 3 rings (SSSR count). The van der Waals surface area contributed by atoms with Crippen molar-refractivity contribution in [2.75, 3.05) is 6.61 Å². The van der Waals surface area contributed by atoms with Crippen molar-refractivity contribution < 1.29 is 42.9 Å². The van der Waals surface area contributed by atoms with Gasteiger partial charge in [-0.15, -0.1) is 0 Å². The summed E-state index contributed by atoms with van der Waals surface area (Å²) in [4.78, 5) is 47.3. The summed E-state index contributed by atoms with van der Waals surface area (Å²) in [6.07, 6.45) is -4.57. The molecule has 2 aromatic carbocycles. The number of fused-ring (bicyclic) bond motifs is 1. The number of hydrogen-bond acceptors (Lipinski definition) is 9. The molecule has 10 nitrogen and oxygen atoms in total. The van der Waals surface area contributed by atoms with Crippen LogP contribution in [0, 0.1) is 0 Å². The van der Waals surface area contributed by atoms with E-state index in [-0.39, 0.29) is 6.61 Å². The Hall–Kier alpha value is -3.66. The van der Waals surface area contributed by atoms with Crippen LogP contribution in [0.2, 0.25) is 0 Å². The second-order valence-corrected chi connectivity index (χ2v) is 7.82. The zero-order valence-corrected chi connectivity index (χ0v) is 19.3. The normalized spacial score (nSPS) is 24.1. The summed E-state index contributed by atoms with van der Waals surface area (Å²) in [6.45, 7) is 4.57. The summed E-state index contributed by atoms with van der Waals surface area (Å²) in [6, 6.07) is 11.9. The summed E-state index contributed by atoms with van der Waals surface area (Å²) >= 11 is 0. The fraction of sp³-hybridized carbons (Fsp3) is 0.417. The number of ether oxygens (including phenoxy) is 5. The summed E-state index contributed by atoms with van der Waals surface area (Å²) < 4.78 is 28.2. The van der Waals surface area contributed by atoms with Gasteiger partial charge in [-0.1, -0.05) is 36.4 Å². The minimum Gasteiger partial charge on any atom is -0.463 e.